The molecule has 1 unspecified atom stereocenters. The molecule has 0 saturated carbocycles. The van der Waals surface area contributed by atoms with Gasteiger partial charge in [-0.2, -0.15) is 0 Å². The van der Waals surface area contributed by atoms with Crippen LogP contribution >= 0.6 is 11.3 Å². The van der Waals surface area contributed by atoms with Crippen molar-refractivity contribution in [2.75, 3.05) is 29.3 Å². The van der Waals surface area contributed by atoms with Crippen molar-refractivity contribution in [3.63, 3.8) is 0 Å². The molecule has 0 aliphatic carbocycles. The Bertz CT molecular complexity index is 715. The van der Waals surface area contributed by atoms with E-state index in [9.17, 15) is 8.76 Å². The van der Waals surface area contributed by atoms with E-state index in [1.165, 1.54) is 18.4 Å². The minimum atomic E-state index is -2.38. The summed E-state index contributed by atoms with van der Waals surface area (Å²) in [5, 5.41) is 16.0. The Morgan fingerprint density at radius 2 is 2.13 bits per heavy atom. The average molecular weight is 351 g/mol. The van der Waals surface area contributed by atoms with Crippen molar-refractivity contribution in [3.8, 4) is 0 Å². The Kier molecular flexibility index (Phi) is 4.94. The predicted octanol–water partition coefficient (Wildman–Crippen LogP) is 2.78. The summed E-state index contributed by atoms with van der Waals surface area (Å²) in [4.78, 5) is 2.23. The summed E-state index contributed by atoms with van der Waals surface area (Å²) in [6.45, 7) is 1.96. The zero-order chi connectivity index (χ0) is 16.2. The van der Waals surface area contributed by atoms with Crippen LogP contribution in [0.4, 0.5) is 22.2 Å². The summed E-state index contributed by atoms with van der Waals surface area (Å²) >= 11 is -1.12. The first-order valence-electron chi connectivity index (χ1n) is 7.05. The molecule has 8 nitrogen and oxygen atoms in total. The van der Waals surface area contributed by atoms with Crippen LogP contribution in [0.2, 0.25) is 0 Å². The number of benzene rings is 1. The molecule has 2 heterocycles. The second-order valence-electron chi connectivity index (χ2n) is 5.00. The lowest BCUT2D eigenvalue weighted by molar-refractivity contribution is 0.535. The molecule has 0 bridgehead atoms. The van der Waals surface area contributed by atoms with Gasteiger partial charge in [0.05, 0.1) is 5.69 Å². The van der Waals surface area contributed by atoms with Crippen molar-refractivity contribution in [3.05, 3.63) is 23.7 Å². The summed E-state index contributed by atoms with van der Waals surface area (Å²) in [5.74, 6) is 0. The molecule has 0 N–H and O–H groups in total. The fraction of sp³-hybridized carbons (Fsp3) is 0.385. The number of azo groups is 1. The molecular weight excluding hydrogens is 336 g/mol. The maximum atomic E-state index is 11.3. The summed E-state index contributed by atoms with van der Waals surface area (Å²) in [7, 11) is 1.48. The van der Waals surface area contributed by atoms with E-state index in [-0.39, 0.29) is 0 Å². The third-order valence-corrected chi connectivity index (χ3v) is 4.80. The van der Waals surface area contributed by atoms with Gasteiger partial charge in [-0.1, -0.05) is 11.3 Å². The van der Waals surface area contributed by atoms with Crippen LogP contribution in [-0.2, 0) is 11.3 Å². The molecule has 1 aliphatic rings. The number of nitrogens with zero attached hydrogens (tertiary/aromatic N) is 6. The number of hydrogen-bond donors (Lipinski definition) is 0. The topological polar surface area (TPSA) is 97.1 Å². The van der Waals surface area contributed by atoms with Gasteiger partial charge in [-0.25, -0.2) is 0 Å². The van der Waals surface area contributed by atoms with Crippen molar-refractivity contribution in [2.45, 2.75) is 12.8 Å². The van der Waals surface area contributed by atoms with E-state index in [2.05, 4.69) is 25.3 Å². The molecule has 1 atom stereocenters. The zero-order valence-electron chi connectivity index (χ0n) is 12.5. The third-order valence-electron chi connectivity index (χ3n) is 3.58. The van der Waals surface area contributed by atoms with Gasteiger partial charge in [-0.15, -0.1) is 20.4 Å². The first kappa shape index (κ1) is 16.0. The Morgan fingerprint density at radius 3 is 2.78 bits per heavy atom. The van der Waals surface area contributed by atoms with Gasteiger partial charge in [-0.05, 0) is 31.0 Å². The van der Waals surface area contributed by atoms with E-state index in [4.69, 9.17) is 0 Å². The minimum absolute atomic E-state index is 0.422. The van der Waals surface area contributed by atoms with Crippen molar-refractivity contribution in [1.82, 2.24) is 10.2 Å². The Hall–Kier alpha value is -1.91. The lowest BCUT2D eigenvalue weighted by atomic mass is 10.2. The Morgan fingerprint density at radius 1 is 1.35 bits per heavy atom. The van der Waals surface area contributed by atoms with E-state index in [1.807, 2.05) is 12.1 Å². The van der Waals surface area contributed by atoms with Crippen LogP contribution in [-0.4, -0.2) is 39.1 Å². The minimum Gasteiger partial charge on any atom is -0.755 e. The average Bonchev–Trinajstić information content (AvgIpc) is 3.25. The molecule has 23 heavy (non-hydrogen) atoms. The van der Waals surface area contributed by atoms with Crippen LogP contribution in [0.5, 0.6) is 0 Å². The fourth-order valence-electron chi connectivity index (χ4n) is 2.41. The van der Waals surface area contributed by atoms with E-state index in [1.54, 1.807) is 11.6 Å². The largest absolute Gasteiger partial charge is 0.755 e. The molecule has 1 aromatic carbocycles. The molecule has 2 aromatic rings. The van der Waals surface area contributed by atoms with Crippen LogP contribution in [0, 0.1) is 0 Å². The van der Waals surface area contributed by atoms with Gasteiger partial charge in [0.25, 0.3) is 5.13 Å². The van der Waals surface area contributed by atoms with Crippen LogP contribution in [0.3, 0.4) is 0 Å². The molecule has 0 radical (unpaired) electrons. The number of anilines is 2. The van der Waals surface area contributed by atoms with E-state index in [0.29, 0.717) is 16.5 Å². The number of aromatic nitrogens is 2. The van der Waals surface area contributed by atoms with Gasteiger partial charge >= 0.3 is 0 Å². The van der Waals surface area contributed by atoms with Crippen molar-refractivity contribution in [1.29, 1.82) is 0 Å². The van der Waals surface area contributed by atoms with E-state index in [0.717, 1.165) is 35.9 Å². The Labute approximate surface area is 140 Å². The van der Waals surface area contributed by atoms with Crippen molar-refractivity contribution >= 4 is 44.8 Å². The molecule has 1 aliphatic heterocycles. The van der Waals surface area contributed by atoms with Gasteiger partial charge < -0.3 is 13.8 Å². The maximum absolute atomic E-state index is 11.3. The first-order valence-corrected chi connectivity index (χ1v) is 8.96. The first-order chi connectivity index (χ1) is 11.1. The lowest BCUT2D eigenvalue weighted by Crippen LogP contribution is -2.21. The van der Waals surface area contributed by atoms with Crippen LogP contribution in [0.15, 0.2) is 33.9 Å². The Balaban J connectivity index is 1.95. The van der Waals surface area contributed by atoms with Crippen LogP contribution in [0.1, 0.15) is 12.8 Å². The molecule has 1 fully saturated rings. The summed E-state index contributed by atoms with van der Waals surface area (Å²) in [6.07, 6.45) is 2.30. The highest BCUT2D eigenvalue weighted by Gasteiger charge is 2.16. The molecule has 1 saturated heterocycles. The second-order valence-corrected chi connectivity index (χ2v) is 6.80. The molecule has 122 valence electrons. The van der Waals surface area contributed by atoms with E-state index >= 15 is 0 Å². The van der Waals surface area contributed by atoms with Gasteiger partial charge in [-0.3, -0.25) is 4.21 Å². The SMILES string of the molecule is CN(c1cc(N2CCCC2)ccc1N=Nc1nncs1)S(=O)[O-]. The number of hydrogen-bond acceptors (Lipinski definition) is 8. The zero-order valence-corrected chi connectivity index (χ0v) is 14.1. The highest BCUT2D eigenvalue weighted by atomic mass is 32.2. The molecule has 3 rings (SSSR count). The van der Waals surface area contributed by atoms with Gasteiger partial charge in [0.15, 0.2) is 0 Å². The maximum Gasteiger partial charge on any atom is 0.251 e. The quantitative estimate of drug-likeness (QED) is 0.609. The fourth-order valence-corrected chi connectivity index (χ4v) is 3.09. The molecule has 0 spiro atoms. The van der Waals surface area contributed by atoms with Crippen LogP contribution in [0.25, 0.3) is 0 Å². The summed E-state index contributed by atoms with van der Waals surface area (Å²) < 4.78 is 23.8. The second kappa shape index (κ2) is 7.11. The third kappa shape index (κ3) is 3.71. The normalized spacial score (nSPS) is 16.2. The predicted molar refractivity (Wildman–Crippen MR) is 89.3 cm³/mol. The highest BCUT2D eigenvalue weighted by molar-refractivity contribution is 7.80. The summed E-state index contributed by atoms with van der Waals surface area (Å²) in [6, 6.07) is 5.54. The molecule has 1 aromatic heterocycles. The standard InChI is InChI=1S/C13H16N6O2S2/c1-18(23(20)21)12-8-10(19-6-2-3-7-19)4-5-11(12)15-17-13-16-14-9-22-13/h4-5,8-9H,2-3,6-7H2,1H3,(H,20,21)/p-1. The molecule has 10 heteroatoms. The monoisotopic (exact) mass is 351 g/mol. The molecule has 0 amide bonds. The van der Waals surface area contributed by atoms with Gasteiger partial charge in [0.1, 0.15) is 11.2 Å². The van der Waals surface area contributed by atoms with Gasteiger partial charge in [0.2, 0.25) is 0 Å². The summed E-state index contributed by atoms with van der Waals surface area (Å²) in [5.41, 5.74) is 3.50. The van der Waals surface area contributed by atoms with E-state index < -0.39 is 11.3 Å². The van der Waals surface area contributed by atoms with Crippen molar-refractivity contribution in [2.24, 2.45) is 10.2 Å². The lowest BCUT2D eigenvalue weighted by Gasteiger charge is -2.25. The molecular formula is C13H15N6O2S2-. The highest BCUT2D eigenvalue weighted by Crippen LogP contribution is 2.35. The smallest absolute Gasteiger partial charge is 0.251 e. The number of rotatable bonds is 5. The van der Waals surface area contributed by atoms with Gasteiger partial charge in [0, 0.05) is 37.1 Å². The van der Waals surface area contributed by atoms with Crippen molar-refractivity contribution < 1.29 is 8.76 Å². The van der Waals surface area contributed by atoms with Crippen LogP contribution < -0.4 is 9.21 Å².